The molecule has 0 bridgehead atoms. The van der Waals surface area contributed by atoms with Gasteiger partial charge in [0.2, 0.25) is 0 Å². The van der Waals surface area contributed by atoms with Crippen LogP contribution in [0.1, 0.15) is 143 Å². The molecule has 54 heavy (non-hydrogen) atoms. The second kappa shape index (κ2) is 31.5. The molecule has 0 heterocycles. The molecule has 2 N–H and O–H groups in total. The van der Waals surface area contributed by atoms with Crippen molar-refractivity contribution in [3.63, 3.8) is 0 Å². The predicted octanol–water partition coefficient (Wildman–Crippen LogP) is 10.4. The number of aliphatic carboxylic acids is 2. The second-order valence-electron chi connectivity index (χ2n) is 14.0. The molecule has 0 amide bonds. The average molecular weight is 759 g/mol. The number of aryl methyl sites for hydroxylation is 2. The summed E-state index contributed by atoms with van der Waals surface area (Å²) >= 11 is 0. The first kappa shape index (κ1) is 50.1. The Balaban J connectivity index is 0.000000903. The van der Waals surface area contributed by atoms with Crippen molar-refractivity contribution < 1.29 is 29.6 Å². The Morgan fingerprint density at radius 2 is 0.870 bits per heavy atom. The monoisotopic (exact) mass is 759 g/mol. The number of nitro benzene ring substituents is 2. The largest absolute Gasteiger partial charge is 0.473 e. The fourth-order valence-electron chi connectivity index (χ4n) is 6.35. The van der Waals surface area contributed by atoms with E-state index in [1.54, 1.807) is 24.3 Å². The fraction of sp³-hybridized carbons (Fsp3) is 0.667. The van der Waals surface area contributed by atoms with Crippen molar-refractivity contribution in [2.75, 3.05) is 26.2 Å². The zero-order valence-corrected chi connectivity index (χ0v) is 34.0. The summed E-state index contributed by atoms with van der Waals surface area (Å²) in [5.41, 5.74) is 2.73. The number of hydrogen-bond donors (Lipinski definition) is 2. The number of unbranched alkanes of at least 4 members (excludes halogenated alkanes) is 8. The van der Waals surface area contributed by atoms with Crippen LogP contribution >= 0.6 is 0 Å². The third-order valence-corrected chi connectivity index (χ3v) is 9.81. The van der Waals surface area contributed by atoms with Crippen molar-refractivity contribution >= 4 is 23.3 Å². The molecular formula is C42H70N4O8. The van der Waals surface area contributed by atoms with Crippen LogP contribution in [0.25, 0.3) is 0 Å². The molecule has 0 aromatic heterocycles. The predicted molar refractivity (Wildman–Crippen MR) is 218 cm³/mol. The van der Waals surface area contributed by atoms with E-state index in [-0.39, 0.29) is 21.2 Å². The molecular weight excluding hydrogens is 688 g/mol. The fourth-order valence-corrected chi connectivity index (χ4v) is 6.35. The lowest BCUT2D eigenvalue weighted by atomic mass is 10.0. The second-order valence-corrected chi connectivity index (χ2v) is 14.0. The third kappa shape index (κ3) is 24.4. The molecule has 0 aliphatic carbocycles. The zero-order chi connectivity index (χ0) is 40.7. The summed E-state index contributed by atoms with van der Waals surface area (Å²) in [4.78, 5) is 44.0. The molecule has 0 saturated carbocycles. The van der Waals surface area contributed by atoms with Gasteiger partial charge in [0.15, 0.2) is 0 Å². The van der Waals surface area contributed by atoms with Gasteiger partial charge < -0.3 is 20.0 Å². The summed E-state index contributed by atoms with van der Waals surface area (Å²) in [6, 6.07) is 15.2. The van der Waals surface area contributed by atoms with Crippen molar-refractivity contribution in [2.24, 2.45) is 0 Å². The van der Waals surface area contributed by atoms with Crippen molar-refractivity contribution in [3.8, 4) is 0 Å². The van der Waals surface area contributed by atoms with E-state index in [9.17, 15) is 20.2 Å². The standard InChI is InChI=1S/2C20H34N2O2.C2H2O4/c2*1-4-6-7-8-9-17-21(5-2)18(3)11-10-12-19-13-15-20(16-14-19)22(23)24;3-1(4)2(5)6/h2*13-16,18H,4-12,17H2,1-3H3;(H,3,4)(H,5,6). The van der Waals surface area contributed by atoms with Crippen LogP contribution in [0.2, 0.25) is 0 Å². The van der Waals surface area contributed by atoms with Crippen LogP contribution in [0.3, 0.4) is 0 Å². The molecule has 12 heteroatoms. The minimum absolute atomic E-state index is 0.173. The Kier molecular flexibility index (Phi) is 29.2. The van der Waals surface area contributed by atoms with Gasteiger partial charge in [0.25, 0.3) is 11.4 Å². The van der Waals surface area contributed by atoms with E-state index in [0.717, 1.165) is 38.8 Å². The highest BCUT2D eigenvalue weighted by molar-refractivity contribution is 6.27. The van der Waals surface area contributed by atoms with Crippen LogP contribution in [-0.2, 0) is 22.4 Å². The van der Waals surface area contributed by atoms with Gasteiger partial charge in [-0.15, -0.1) is 0 Å². The Bertz CT molecular complexity index is 1190. The number of nitro groups is 2. The number of rotatable bonds is 26. The minimum atomic E-state index is -1.82. The molecule has 0 radical (unpaired) electrons. The third-order valence-electron chi connectivity index (χ3n) is 9.81. The molecule has 2 aromatic rings. The number of non-ortho nitro benzene ring substituents is 2. The number of carboxylic acids is 2. The molecule has 306 valence electrons. The van der Waals surface area contributed by atoms with Crippen molar-refractivity contribution in [1.29, 1.82) is 0 Å². The first-order valence-corrected chi connectivity index (χ1v) is 20.2. The Morgan fingerprint density at radius 1 is 0.556 bits per heavy atom. The van der Waals surface area contributed by atoms with Gasteiger partial charge in [-0.1, -0.05) is 103 Å². The van der Waals surface area contributed by atoms with Gasteiger partial charge >= 0.3 is 11.9 Å². The van der Waals surface area contributed by atoms with Crippen molar-refractivity contribution in [3.05, 3.63) is 79.9 Å². The Hall–Kier alpha value is -3.90. The highest BCUT2D eigenvalue weighted by Gasteiger charge is 2.13. The summed E-state index contributed by atoms with van der Waals surface area (Å²) in [7, 11) is 0. The van der Waals surface area contributed by atoms with E-state index in [1.807, 2.05) is 24.3 Å². The van der Waals surface area contributed by atoms with E-state index in [1.165, 1.54) is 101 Å². The number of carboxylic acid groups (broad SMARTS) is 2. The number of nitrogens with zero attached hydrogens (tertiary/aromatic N) is 4. The van der Waals surface area contributed by atoms with Crippen molar-refractivity contribution in [2.45, 2.75) is 156 Å². The quantitative estimate of drug-likeness (QED) is 0.0408. The van der Waals surface area contributed by atoms with E-state index >= 15 is 0 Å². The van der Waals surface area contributed by atoms with E-state index in [0.29, 0.717) is 12.1 Å². The van der Waals surface area contributed by atoms with Gasteiger partial charge in [-0.25, -0.2) is 9.59 Å². The van der Waals surface area contributed by atoms with Crippen LogP contribution in [0.4, 0.5) is 11.4 Å². The average Bonchev–Trinajstić information content (AvgIpc) is 3.15. The number of benzene rings is 2. The maximum Gasteiger partial charge on any atom is 0.414 e. The van der Waals surface area contributed by atoms with E-state index in [2.05, 4.69) is 51.3 Å². The minimum Gasteiger partial charge on any atom is -0.473 e. The topological polar surface area (TPSA) is 167 Å². The molecule has 0 fully saturated rings. The first-order chi connectivity index (χ1) is 25.8. The van der Waals surface area contributed by atoms with Gasteiger partial charge in [0.1, 0.15) is 0 Å². The molecule has 2 aromatic carbocycles. The molecule has 0 saturated heterocycles. The molecule has 2 unspecified atom stereocenters. The van der Waals surface area contributed by atoms with E-state index < -0.39 is 11.9 Å². The lowest BCUT2D eigenvalue weighted by molar-refractivity contribution is -0.385. The van der Waals surface area contributed by atoms with Crippen molar-refractivity contribution in [1.82, 2.24) is 9.80 Å². The summed E-state index contributed by atoms with van der Waals surface area (Å²) < 4.78 is 0. The van der Waals surface area contributed by atoms with Gasteiger partial charge in [-0.3, -0.25) is 20.2 Å². The van der Waals surface area contributed by atoms with Gasteiger partial charge in [-0.2, -0.15) is 0 Å². The maximum absolute atomic E-state index is 10.7. The van der Waals surface area contributed by atoms with Gasteiger partial charge in [0, 0.05) is 36.3 Å². The first-order valence-electron chi connectivity index (χ1n) is 20.2. The van der Waals surface area contributed by atoms with Gasteiger partial charge in [0.05, 0.1) is 9.85 Å². The van der Waals surface area contributed by atoms with Crippen LogP contribution in [0.15, 0.2) is 48.5 Å². The SMILES string of the molecule is CCCCCCCN(CC)C(C)CCCc1ccc([N+](=O)[O-])cc1.CCCCCCCN(CC)C(C)CCCc1ccc([N+](=O)[O-])cc1.O=C(O)C(=O)O. The lowest BCUT2D eigenvalue weighted by Gasteiger charge is -2.28. The van der Waals surface area contributed by atoms with Crippen LogP contribution < -0.4 is 0 Å². The zero-order valence-electron chi connectivity index (χ0n) is 34.0. The molecule has 12 nitrogen and oxygen atoms in total. The smallest absolute Gasteiger partial charge is 0.414 e. The molecule has 2 atom stereocenters. The Labute approximate surface area is 324 Å². The number of hydrogen-bond acceptors (Lipinski definition) is 8. The highest BCUT2D eigenvalue weighted by atomic mass is 16.6. The summed E-state index contributed by atoms with van der Waals surface area (Å²) in [5.74, 6) is -3.65. The summed E-state index contributed by atoms with van der Waals surface area (Å²) in [5, 5.41) is 36.1. The maximum atomic E-state index is 10.7. The molecule has 0 aliphatic heterocycles. The lowest BCUT2D eigenvalue weighted by Crippen LogP contribution is -2.33. The van der Waals surface area contributed by atoms with Gasteiger partial charge in [-0.05, 0) is 103 Å². The summed E-state index contributed by atoms with van der Waals surface area (Å²) in [6.07, 6.45) is 20.0. The number of carbonyl (C=O) groups is 2. The molecule has 0 spiro atoms. The highest BCUT2D eigenvalue weighted by Crippen LogP contribution is 2.17. The Morgan fingerprint density at radius 3 is 1.13 bits per heavy atom. The summed E-state index contributed by atoms with van der Waals surface area (Å²) in [6.45, 7) is 18.3. The van der Waals surface area contributed by atoms with Crippen LogP contribution in [0, 0.1) is 20.2 Å². The molecule has 2 rings (SSSR count). The van der Waals surface area contributed by atoms with E-state index in [4.69, 9.17) is 19.8 Å². The normalized spacial score (nSPS) is 11.9. The molecule has 0 aliphatic rings. The van der Waals surface area contributed by atoms with Crippen LogP contribution in [0.5, 0.6) is 0 Å². The van der Waals surface area contributed by atoms with Crippen LogP contribution in [-0.4, -0.2) is 80.1 Å².